The molecule has 52 heavy (non-hydrogen) atoms. The van der Waals surface area contributed by atoms with Crippen molar-refractivity contribution < 1.29 is 34.8 Å². The van der Waals surface area contributed by atoms with E-state index in [-0.39, 0.29) is 29.7 Å². The second-order valence-corrected chi connectivity index (χ2v) is 15.9. The third kappa shape index (κ3) is 6.30. The number of ketones is 2. The molecule has 13 heteroatoms. The van der Waals surface area contributed by atoms with Gasteiger partial charge in [-0.2, -0.15) is 0 Å². The molecule has 4 unspecified atom stereocenters. The molecule has 6 N–H and O–H groups in total. The zero-order valence-electron chi connectivity index (χ0n) is 30.4. The lowest BCUT2D eigenvalue weighted by atomic mass is 9.57. The maximum atomic E-state index is 14.4. The van der Waals surface area contributed by atoms with Crippen LogP contribution in [0.25, 0.3) is 16.2 Å². The van der Waals surface area contributed by atoms with E-state index in [0.29, 0.717) is 17.7 Å². The molecule has 0 radical (unpaired) electrons. The number of amides is 1. The Hall–Kier alpha value is -4.53. The highest BCUT2D eigenvalue weighted by atomic mass is 32.1. The van der Waals surface area contributed by atoms with Gasteiger partial charge >= 0.3 is 0 Å². The smallest absolute Gasteiger partial charge is 0.255 e. The first-order valence-corrected chi connectivity index (χ1v) is 18.1. The minimum absolute atomic E-state index is 0.0305. The molecule has 1 aromatic heterocycles. The zero-order valence-corrected chi connectivity index (χ0v) is 31.2. The van der Waals surface area contributed by atoms with Crippen LogP contribution in [0.1, 0.15) is 28.0 Å². The predicted molar refractivity (Wildman–Crippen MR) is 201 cm³/mol. The minimum atomic E-state index is -2.69. The van der Waals surface area contributed by atoms with Crippen LogP contribution in [-0.4, -0.2) is 120 Å². The number of nitrogens with zero attached hydrogens (tertiary/aromatic N) is 4. The average Bonchev–Trinajstić information content (AvgIpc) is 3.53. The number of thiophene rings is 1. The Kier molecular flexibility index (Phi) is 10.1. The maximum absolute atomic E-state index is 14.4. The number of hydrogen-bond donors (Lipinski definition) is 5. The van der Waals surface area contributed by atoms with E-state index in [4.69, 9.17) is 5.73 Å². The molecule has 3 aromatic rings. The van der Waals surface area contributed by atoms with Gasteiger partial charge in [-0.05, 0) is 76.3 Å². The number of nitrogens with two attached hydrogens (primary N) is 1. The predicted octanol–water partition coefficient (Wildman–Crippen LogP) is 3.32. The van der Waals surface area contributed by atoms with Gasteiger partial charge < -0.3 is 36.0 Å². The fourth-order valence-corrected chi connectivity index (χ4v) is 9.17. The first-order chi connectivity index (χ1) is 24.6. The fourth-order valence-electron chi connectivity index (χ4n) is 8.10. The van der Waals surface area contributed by atoms with Crippen molar-refractivity contribution in [2.45, 2.75) is 37.6 Å². The van der Waals surface area contributed by atoms with E-state index in [1.54, 1.807) is 14.1 Å². The van der Waals surface area contributed by atoms with Crippen LogP contribution in [0.15, 0.2) is 65.4 Å². The molecule has 4 atom stereocenters. The number of aliphatic hydroxyl groups is 3. The number of carbonyl (C=O) groups excluding carboxylic acids is 3. The van der Waals surface area contributed by atoms with E-state index < -0.39 is 58.0 Å². The van der Waals surface area contributed by atoms with E-state index in [0.717, 1.165) is 35.1 Å². The summed E-state index contributed by atoms with van der Waals surface area (Å²) < 4.78 is 0. The number of hydrogen-bond acceptors (Lipinski definition) is 12. The molecule has 0 saturated heterocycles. The summed E-state index contributed by atoms with van der Waals surface area (Å²) in [5.74, 6) is -6.68. The Balaban J connectivity index is 1.42. The van der Waals surface area contributed by atoms with E-state index in [2.05, 4.69) is 21.9 Å². The normalized spacial score (nSPS) is 23.0. The number of primary amides is 1. The molecule has 3 aliphatic carbocycles. The molecule has 2 aromatic carbocycles. The Labute approximate surface area is 307 Å². The summed E-state index contributed by atoms with van der Waals surface area (Å²) in [6, 6.07) is 15.0. The van der Waals surface area contributed by atoms with Crippen molar-refractivity contribution in [3.05, 3.63) is 87.0 Å². The van der Waals surface area contributed by atoms with Gasteiger partial charge in [-0.3, -0.25) is 24.2 Å². The summed E-state index contributed by atoms with van der Waals surface area (Å²) in [7, 11) is 11.0. The van der Waals surface area contributed by atoms with Crippen molar-refractivity contribution in [1.29, 1.82) is 0 Å². The number of carbonyl (C=O) groups is 3. The Morgan fingerprint density at radius 1 is 0.962 bits per heavy atom. The van der Waals surface area contributed by atoms with Crippen molar-refractivity contribution >= 4 is 40.3 Å². The van der Waals surface area contributed by atoms with Gasteiger partial charge in [0.1, 0.15) is 22.8 Å². The molecule has 0 spiro atoms. The second kappa shape index (κ2) is 14.1. The van der Waals surface area contributed by atoms with E-state index in [1.165, 1.54) is 21.8 Å². The summed E-state index contributed by atoms with van der Waals surface area (Å²) in [4.78, 5) is 49.9. The molecule has 0 bridgehead atoms. The quantitative estimate of drug-likeness (QED) is 0.184. The largest absolute Gasteiger partial charge is 0.508 e. The number of likely N-dealkylation sites (N-methyl/N-ethyl adjacent to an activating group) is 2. The second-order valence-electron chi connectivity index (χ2n) is 14.8. The molecule has 3 aliphatic rings. The number of phenols is 1. The molecular weight excluding hydrogens is 683 g/mol. The topological polar surface area (TPSA) is 171 Å². The SMILES string of the molecule is CN(C)CCN(Cc1ccccc1)Cc1ccc(-c2cc(N(C)C)c3c(c2O)C(O)=C2C(=O)C4(O)C(O)=C(C(N)=O)C(=O)C(N(C)C)C4CC2C3)s1. The number of phenolic OH excluding ortho intramolecular Hbond substituents is 1. The molecule has 1 amide bonds. The molecule has 1 fully saturated rings. The molecule has 1 heterocycles. The van der Waals surface area contributed by atoms with Gasteiger partial charge in [0, 0.05) is 72.8 Å². The highest BCUT2D eigenvalue weighted by Gasteiger charge is 2.64. The van der Waals surface area contributed by atoms with Crippen molar-refractivity contribution in [2.75, 3.05) is 60.3 Å². The van der Waals surface area contributed by atoms with Gasteiger partial charge in [-0.25, -0.2) is 0 Å². The zero-order chi connectivity index (χ0) is 37.8. The number of benzene rings is 2. The molecular formula is C39H47N5O7S. The van der Waals surface area contributed by atoms with Gasteiger partial charge in [-0.1, -0.05) is 30.3 Å². The monoisotopic (exact) mass is 729 g/mol. The van der Waals surface area contributed by atoms with E-state index >= 15 is 0 Å². The molecule has 12 nitrogen and oxygen atoms in total. The minimum Gasteiger partial charge on any atom is -0.508 e. The van der Waals surface area contributed by atoms with Crippen LogP contribution in [0.4, 0.5) is 5.69 Å². The maximum Gasteiger partial charge on any atom is 0.255 e. The van der Waals surface area contributed by atoms with Gasteiger partial charge in [0.15, 0.2) is 11.4 Å². The third-order valence-electron chi connectivity index (χ3n) is 10.6. The van der Waals surface area contributed by atoms with Crippen LogP contribution in [0.3, 0.4) is 0 Å². The molecule has 276 valence electrons. The average molecular weight is 730 g/mol. The van der Waals surface area contributed by atoms with Crippen LogP contribution in [0.5, 0.6) is 5.75 Å². The number of fused-ring (bicyclic) bond motifs is 3. The van der Waals surface area contributed by atoms with Crippen LogP contribution in [0.2, 0.25) is 0 Å². The first-order valence-electron chi connectivity index (χ1n) is 17.3. The van der Waals surface area contributed by atoms with E-state index in [9.17, 15) is 34.8 Å². The summed E-state index contributed by atoms with van der Waals surface area (Å²) >= 11 is 1.53. The van der Waals surface area contributed by atoms with Crippen molar-refractivity contribution in [3.8, 4) is 16.2 Å². The van der Waals surface area contributed by atoms with Crippen molar-refractivity contribution in [3.63, 3.8) is 0 Å². The summed E-state index contributed by atoms with van der Waals surface area (Å²) in [5, 5.41) is 47.0. The highest BCUT2D eigenvalue weighted by Crippen LogP contribution is 2.55. The lowest BCUT2D eigenvalue weighted by molar-refractivity contribution is -0.153. The van der Waals surface area contributed by atoms with Crippen LogP contribution in [-0.2, 0) is 33.9 Å². The number of rotatable bonds is 11. The van der Waals surface area contributed by atoms with Crippen molar-refractivity contribution in [2.24, 2.45) is 17.6 Å². The van der Waals surface area contributed by atoms with Gasteiger partial charge in [0.25, 0.3) is 5.91 Å². The Morgan fingerprint density at radius 3 is 2.27 bits per heavy atom. The van der Waals surface area contributed by atoms with Crippen LogP contribution >= 0.6 is 11.3 Å². The third-order valence-corrected chi connectivity index (χ3v) is 11.7. The van der Waals surface area contributed by atoms with Crippen LogP contribution in [0, 0.1) is 11.8 Å². The number of anilines is 1. The fraction of sp³-hybridized carbons (Fsp3) is 0.410. The summed E-state index contributed by atoms with van der Waals surface area (Å²) in [5.41, 5.74) is 4.87. The summed E-state index contributed by atoms with van der Waals surface area (Å²) in [6.45, 7) is 3.19. The number of Topliss-reactive ketones (excluding diaryl/α,β-unsaturated/α-hetero) is 2. The number of aromatic hydroxyl groups is 1. The first kappa shape index (κ1) is 37.2. The van der Waals surface area contributed by atoms with E-state index in [1.807, 2.05) is 69.5 Å². The molecule has 6 rings (SSSR count). The Bertz CT molecular complexity index is 1990. The van der Waals surface area contributed by atoms with Gasteiger partial charge in [0.2, 0.25) is 5.78 Å². The van der Waals surface area contributed by atoms with Crippen LogP contribution < -0.4 is 10.6 Å². The standard InChI is InChI=1S/C39H47N5O7S/c1-41(2)14-15-44(19-21-10-8-7-9-11-21)20-23-12-13-28(52-23)25-18-27(42(3)4)24-16-22-17-26-32(43(5)6)35(47)31(38(40)50)37(49)39(26,51)36(48)29(22)34(46)30(24)33(25)45/h7-13,18,22,26,32,45-46,49,51H,14-17,19-20H2,1-6H3,(H2,40,50). The lowest BCUT2D eigenvalue weighted by Gasteiger charge is -2.50. The summed E-state index contributed by atoms with van der Waals surface area (Å²) in [6.07, 6.45) is 0.245. The lowest BCUT2D eigenvalue weighted by Crippen LogP contribution is -2.65. The van der Waals surface area contributed by atoms with Gasteiger partial charge in [0.05, 0.1) is 11.6 Å². The highest BCUT2D eigenvalue weighted by molar-refractivity contribution is 7.15. The van der Waals surface area contributed by atoms with Crippen molar-refractivity contribution in [1.82, 2.24) is 14.7 Å². The molecule has 0 aliphatic heterocycles. The number of aliphatic hydroxyl groups excluding tert-OH is 2. The Morgan fingerprint density at radius 2 is 1.65 bits per heavy atom. The van der Waals surface area contributed by atoms with Gasteiger partial charge in [-0.15, -0.1) is 11.3 Å². The molecule has 1 saturated carbocycles.